The summed E-state index contributed by atoms with van der Waals surface area (Å²) in [6, 6.07) is 32.1. The van der Waals surface area contributed by atoms with Gasteiger partial charge in [-0.25, -0.2) is 0 Å². The second-order valence-corrected chi connectivity index (χ2v) is 9.63. The molecule has 0 fully saturated rings. The van der Waals surface area contributed by atoms with E-state index in [1.807, 2.05) is 97.1 Å². The number of hydrogen-bond donors (Lipinski definition) is 0. The molecular formula is C36H36O4. The molecule has 4 heteroatoms. The van der Waals surface area contributed by atoms with Crippen molar-refractivity contribution >= 4 is 18.1 Å². The molecule has 204 valence electrons. The molecule has 0 amide bonds. The Bertz CT molecular complexity index is 1300. The van der Waals surface area contributed by atoms with Crippen LogP contribution >= 0.6 is 0 Å². The van der Waals surface area contributed by atoms with E-state index in [-0.39, 0.29) is 12.6 Å². The number of unbranched alkanes of at least 4 members (excludes halogenated alkanes) is 1. The van der Waals surface area contributed by atoms with Gasteiger partial charge in [0.1, 0.15) is 31.3 Å². The smallest absolute Gasteiger partial charge is 0.306 e. The number of aryl methyl sites for hydroxylation is 1. The first kappa shape index (κ1) is 28.4. The van der Waals surface area contributed by atoms with Crippen LogP contribution in [-0.2, 0) is 35.8 Å². The maximum Gasteiger partial charge on any atom is 0.306 e. The summed E-state index contributed by atoms with van der Waals surface area (Å²) in [7, 11) is 0. The molecule has 4 aromatic rings. The molecule has 0 radical (unpaired) electrons. The van der Waals surface area contributed by atoms with Crippen molar-refractivity contribution in [2.75, 3.05) is 0 Å². The first-order chi connectivity index (χ1) is 19.6. The SMILES string of the molecule is C=Cc1ccc(COc2cc(COC(=O)CCCCc3ccccc3)cc(OCc3ccc(C=C)cc3)c2)cc1. The van der Waals surface area contributed by atoms with Crippen LogP contribution in [0.1, 0.15) is 52.6 Å². The van der Waals surface area contributed by atoms with Gasteiger partial charge in [0.2, 0.25) is 0 Å². The van der Waals surface area contributed by atoms with Gasteiger partial charge >= 0.3 is 5.97 Å². The lowest BCUT2D eigenvalue weighted by molar-refractivity contribution is -0.145. The van der Waals surface area contributed by atoms with Gasteiger partial charge in [-0.3, -0.25) is 4.79 Å². The van der Waals surface area contributed by atoms with Gasteiger partial charge in [0, 0.05) is 12.5 Å². The van der Waals surface area contributed by atoms with E-state index in [0.29, 0.717) is 31.1 Å². The van der Waals surface area contributed by atoms with Gasteiger partial charge in [-0.05, 0) is 64.8 Å². The Hall–Kier alpha value is -4.57. The summed E-state index contributed by atoms with van der Waals surface area (Å²) >= 11 is 0. The number of ether oxygens (including phenoxy) is 3. The highest BCUT2D eigenvalue weighted by Gasteiger charge is 2.09. The van der Waals surface area contributed by atoms with Crippen LogP contribution in [0, 0.1) is 0 Å². The average Bonchev–Trinajstić information content (AvgIpc) is 3.01. The number of rotatable bonds is 15. The molecule has 0 spiro atoms. The molecule has 0 bridgehead atoms. The zero-order valence-corrected chi connectivity index (χ0v) is 22.9. The van der Waals surface area contributed by atoms with E-state index < -0.39 is 0 Å². The topological polar surface area (TPSA) is 44.8 Å². The first-order valence-electron chi connectivity index (χ1n) is 13.6. The molecule has 0 saturated heterocycles. The quantitative estimate of drug-likeness (QED) is 0.114. The van der Waals surface area contributed by atoms with Crippen molar-refractivity contribution in [3.05, 3.63) is 144 Å². The third kappa shape index (κ3) is 9.32. The average molecular weight is 533 g/mol. The Morgan fingerprint density at radius 2 is 1.15 bits per heavy atom. The minimum atomic E-state index is -0.202. The lowest BCUT2D eigenvalue weighted by atomic mass is 10.1. The summed E-state index contributed by atoms with van der Waals surface area (Å²) in [4.78, 5) is 12.4. The van der Waals surface area contributed by atoms with E-state index in [1.165, 1.54) is 5.56 Å². The molecule has 0 aromatic heterocycles. The Morgan fingerprint density at radius 3 is 1.68 bits per heavy atom. The zero-order chi connectivity index (χ0) is 28.0. The van der Waals surface area contributed by atoms with Gasteiger partial charge in [-0.15, -0.1) is 0 Å². The molecule has 0 aliphatic rings. The lowest BCUT2D eigenvalue weighted by Gasteiger charge is -2.13. The van der Waals surface area contributed by atoms with Crippen molar-refractivity contribution < 1.29 is 19.0 Å². The highest BCUT2D eigenvalue weighted by Crippen LogP contribution is 2.26. The number of hydrogen-bond acceptors (Lipinski definition) is 4. The molecule has 4 aromatic carbocycles. The number of carbonyl (C=O) groups is 1. The molecule has 0 aliphatic carbocycles. The van der Waals surface area contributed by atoms with E-state index in [2.05, 4.69) is 25.3 Å². The first-order valence-corrected chi connectivity index (χ1v) is 13.6. The van der Waals surface area contributed by atoms with Gasteiger partial charge in [0.15, 0.2) is 0 Å². The second kappa shape index (κ2) is 15.1. The number of benzene rings is 4. The summed E-state index contributed by atoms with van der Waals surface area (Å²) in [5, 5.41) is 0. The molecule has 4 nitrogen and oxygen atoms in total. The predicted octanol–water partition coefficient (Wildman–Crippen LogP) is 8.59. The normalized spacial score (nSPS) is 10.5. The van der Waals surface area contributed by atoms with Crippen LogP contribution in [-0.4, -0.2) is 5.97 Å². The standard InChI is InChI=1S/C36H36O4/c1-3-28-14-18-31(19-15-28)25-38-34-22-33(23-35(24-34)39-26-32-20-16-29(4-2)17-21-32)27-40-36(37)13-9-8-12-30-10-6-5-7-11-30/h3-7,10-11,14-24H,1-2,8-9,12-13,25-27H2. The van der Waals surface area contributed by atoms with E-state index in [4.69, 9.17) is 14.2 Å². The van der Waals surface area contributed by atoms with Crippen LogP contribution in [0.5, 0.6) is 11.5 Å². The minimum Gasteiger partial charge on any atom is -0.489 e. The fraction of sp³-hybridized carbons (Fsp3) is 0.194. The van der Waals surface area contributed by atoms with Gasteiger partial charge in [0.25, 0.3) is 0 Å². The van der Waals surface area contributed by atoms with Crippen molar-refractivity contribution in [2.45, 2.75) is 45.5 Å². The minimum absolute atomic E-state index is 0.160. The Balaban J connectivity index is 1.35. The largest absolute Gasteiger partial charge is 0.489 e. The van der Waals surface area contributed by atoms with Gasteiger partial charge in [0.05, 0.1) is 0 Å². The van der Waals surface area contributed by atoms with Gasteiger partial charge in [-0.1, -0.05) is 104 Å². The molecule has 0 heterocycles. The second-order valence-electron chi connectivity index (χ2n) is 9.63. The molecule has 0 saturated carbocycles. The summed E-state index contributed by atoms with van der Waals surface area (Å²) in [6.45, 7) is 8.57. The van der Waals surface area contributed by atoms with Crippen molar-refractivity contribution in [2.24, 2.45) is 0 Å². The van der Waals surface area contributed by atoms with E-state index >= 15 is 0 Å². The van der Waals surface area contributed by atoms with Crippen LogP contribution in [0.15, 0.2) is 110 Å². The Morgan fingerprint density at radius 1 is 0.600 bits per heavy atom. The summed E-state index contributed by atoms with van der Waals surface area (Å²) in [5.74, 6) is 1.11. The zero-order valence-electron chi connectivity index (χ0n) is 22.9. The highest BCUT2D eigenvalue weighted by atomic mass is 16.5. The number of esters is 1. The van der Waals surface area contributed by atoms with Crippen molar-refractivity contribution in [1.29, 1.82) is 0 Å². The van der Waals surface area contributed by atoms with E-state index in [9.17, 15) is 4.79 Å². The molecule has 4 rings (SSSR count). The van der Waals surface area contributed by atoms with Crippen LogP contribution in [0.4, 0.5) is 0 Å². The summed E-state index contributed by atoms with van der Waals surface area (Å²) in [6.07, 6.45) is 6.72. The molecule has 40 heavy (non-hydrogen) atoms. The Kier molecular flexibility index (Phi) is 10.8. The molecule has 0 N–H and O–H groups in total. The van der Waals surface area contributed by atoms with Crippen LogP contribution in [0.3, 0.4) is 0 Å². The molecule has 0 atom stereocenters. The van der Waals surface area contributed by atoms with Crippen molar-refractivity contribution in [3.63, 3.8) is 0 Å². The highest BCUT2D eigenvalue weighted by molar-refractivity contribution is 5.69. The molecule has 0 unspecified atom stereocenters. The van der Waals surface area contributed by atoms with Gasteiger partial charge in [-0.2, -0.15) is 0 Å². The third-order valence-corrected chi connectivity index (χ3v) is 6.52. The third-order valence-electron chi connectivity index (χ3n) is 6.52. The Labute approximate surface area is 237 Å². The fourth-order valence-corrected chi connectivity index (χ4v) is 4.19. The maximum atomic E-state index is 12.4. The van der Waals surface area contributed by atoms with Crippen LogP contribution in [0.2, 0.25) is 0 Å². The summed E-state index contributed by atoms with van der Waals surface area (Å²) in [5.41, 5.74) is 6.31. The summed E-state index contributed by atoms with van der Waals surface area (Å²) < 4.78 is 17.8. The van der Waals surface area contributed by atoms with Crippen molar-refractivity contribution in [3.8, 4) is 11.5 Å². The maximum absolute atomic E-state index is 12.4. The number of carbonyl (C=O) groups excluding carboxylic acids is 1. The molecule has 0 aliphatic heterocycles. The van der Waals surface area contributed by atoms with Crippen LogP contribution in [0.25, 0.3) is 12.2 Å². The molecular weight excluding hydrogens is 496 g/mol. The van der Waals surface area contributed by atoms with Crippen LogP contribution < -0.4 is 9.47 Å². The van der Waals surface area contributed by atoms with E-state index in [1.54, 1.807) is 0 Å². The monoisotopic (exact) mass is 532 g/mol. The van der Waals surface area contributed by atoms with E-state index in [0.717, 1.165) is 47.1 Å². The fourth-order valence-electron chi connectivity index (χ4n) is 4.19. The lowest BCUT2D eigenvalue weighted by Crippen LogP contribution is -2.05. The predicted molar refractivity (Wildman–Crippen MR) is 162 cm³/mol. The van der Waals surface area contributed by atoms with Gasteiger partial charge < -0.3 is 14.2 Å². The van der Waals surface area contributed by atoms with Crippen molar-refractivity contribution in [1.82, 2.24) is 0 Å².